The van der Waals surface area contributed by atoms with Crippen LogP contribution in [-0.4, -0.2) is 56.9 Å². The standard InChI is InChI=1S/C23H26FN5O2/c1-14(2)21-19(22(30)28(4)18-9-10-31-13-18)12-26-29(21)23-25-11-15(3)20(27-23)16-5-7-17(24)8-6-16/h5-8,11-12,14,18H,9-10,13H2,1-4H3. The van der Waals surface area contributed by atoms with Gasteiger partial charge < -0.3 is 9.64 Å². The summed E-state index contributed by atoms with van der Waals surface area (Å²) in [6.45, 7) is 7.15. The van der Waals surface area contributed by atoms with E-state index in [0.29, 0.717) is 30.4 Å². The molecule has 3 heterocycles. The van der Waals surface area contributed by atoms with E-state index in [-0.39, 0.29) is 23.7 Å². The van der Waals surface area contributed by atoms with Gasteiger partial charge in [-0.3, -0.25) is 4.79 Å². The van der Waals surface area contributed by atoms with E-state index < -0.39 is 0 Å². The molecule has 1 unspecified atom stereocenters. The number of hydrogen-bond donors (Lipinski definition) is 0. The van der Waals surface area contributed by atoms with Crippen LogP contribution < -0.4 is 0 Å². The molecule has 162 valence electrons. The molecule has 4 rings (SSSR count). The summed E-state index contributed by atoms with van der Waals surface area (Å²) in [5.41, 5.74) is 3.65. The van der Waals surface area contributed by atoms with Crippen LogP contribution in [0, 0.1) is 12.7 Å². The number of likely N-dealkylation sites (N-methyl/N-ethyl adjacent to an activating group) is 1. The maximum Gasteiger partial charge on any atom is 0.257 e. The van der Waals surface area contributed by atoms with Gasteiger partial charge in [0.25, 0.3) is 11.9 Å². The van der Waals surface area contributed by atoms with E-state index >= 15 is 0 Å². The second kappa shape index (κ2) is 8.55. The van der Waals surface area contributed by atoms with Crippen molar-refractivity contribution in [2.45, 2.75) is 39.2 Å². The van der Waals surface area contributed by atoms with E-state index in [0.717, 1.165) is 23.2 Å². The summed E-state index contributed by atoms with van der Waals surface area (Å²) in [6.07, 6.45) is 4.14. The third-order valence-electron chi connectivity index (χ3n) is 5.62. The van der Waals surface area contributed by atoms with Crippen molar-refractivity contribution >= 4 is 5.91 Å². The van der Waals surface area contributed by atoms with Gasteiger partial charge in [0.1, 0.15) is 5.82 Å². The Labute approximate surface area is 180 Å². The Kier molecular flexibility index (Phi) is 5.82. The summed E-state index contributed by atoms with van der Waals surface area (Å²) in [4.78, 5) is 24.1. The summed E-state index contributed by atoms with van der Waals surface area (Å²) in [7, 11) is 1.80. The molecule has 1 amide bonds. The molecule has 3 aromatic rings. The molecular formula is C23H26FN5O2. The monoisotopic (exact) mass is 423 g/mol. The van der Waals surface area contributed by atoms with Crippen molar-refractivity contribution < 1.29 is 13.9 Å². The van der Waals surface area contributed by atoms with Gasteiger partial charge in [0, 0.05) is 25.4 Å². The lowest BCUT2D eigenvalue weighted by atomic mass is 10.0. The topological polar surface area (TPSA) is 73.1 Å². The molecule has 2 aromatic heterocycles. The van der Waals surface area contributed by atoms with Crippen LogP contribution in [0.5, 0.6) is 0 Å². The molecule has 0 bridgehead atoms. The molecular weight excluding hydrogens is 397 g/mol. The van der Waals surface area contributed by atoms with Crippen LogP contribution in [0.25, 0.3) is 17.2 Å². The highest BCUT2D eigenvalue weighted by molar-refractivity contribution is 5.95. The van der Waals surface area contributed by atoms with Crippen molar-refractivity contribution in [2.75, 3.05) is 20.3 Å². The third kappa shape index (κ3) is 4.07. The zero-order valence-corrected chi connectivity index (χ0v) is 18.2. The van der Waals surface area contributed by atoms with E-state index in [1.807, 2.05) is 20.8 Å². The minimum Gasteiger partial charge on any atom is -0.379 e. The number of carbonyl (C=O) groups is 1. The second-order valence-corrected chi connectivity index (χ2v) is 8.15. The first kappa shape index (κ1) is 21.1. The van der Waals surface area contributed by atoms with E-state index in [4.69, 9.17) is 9.72 Å². The summed E-state index contributed by atoms with van der Waals surface area (Å²) < 4.78 is 20.4. The molecule has 7 nitrogen and oxygen atoms in total. The van der Waals surface area contributed by atoms with Crippen molar-refractivity contribution in [3.8, 4) is 17.2 Å². The number of nitrogens with zero attached hydrogens (tertiary/aromatic N) is 5. The van der Waals surface area contributed by atoms with Crippen molar-refractivity contribution in [2.24, 2.45) is 0 Å². The molecule has 0 saturated carbocycles. The van der Waals surface area contributed by atoms with Crippen molar-refractivity contribution in [1.29, 1.82) is 0 Å². The van der Waals surface area contributed by atoms with Crippen molar-refractivity contribution in [3.63, 3.8) is 0 Å². The fourth-order valence-electron chi connectivity index (χ4n) is 3.86. The predicted molar refractivity (Wildman–Crippen MR) is 115 cm³/mol. The largest absolute Gasteiger partial charge is 0.379 e. The highest BCUT2D eigenvalue weighted by Gasteiger charge is 2.29. The molecule has 0 aliphatic carbocycles. The average molecular weight is 423 g/mol. The molecule has 1 atom stereocenters. The van der Waals surface area contributed by atoms with Gasteiger partial charge in [0.15, 0.2) is 0 Å². The van der Waals surface area contributed by atoms with Gasteiger partial charge in [-0.15, -0.1) is 0 Å². The number of amides is 1. The Morgan fingerprint density at radius 1 is 1.26 bits per heavy atom. The average Bonchev–Trinajstić information content (AvgIpc) is 3.44. The van der Waals surface area contributed by atoms with Crippen LogP contribution in [0.3, 0.4) is 0 Å². The molecule has 0 spiro atoms. The van der Waals surface area contributed by atoms with E-state index in [2.05, 4.69) is 10.1 Å². The van der Waals surface area contributed by atoms with E-state index in [1.54, 1.807) is 41.2 Å². The number of aryl methyl sites for hydroxylation is 1. The first-order valence-electron chi connectivity index (χ1n) is 10.4. The van der Waals surface area contributed by atoms with Gasteiger partial charge in [-0.05, 0) is 49.1 Å². The molecule has 1 aliphatic heterocycles. The third-order valence-corrected chi connectivity index (χ3v) is 5.62. The maximum atomic E-state index is 13.4. The lowest BCUT2D eigenvalue weighted by Crippen LogP contribution is -2.37. The van der Waals surface area contributed by atoms with Crippen LogP contribution in [0.1, 0.15) is 47.8 Å². The quantitative estimate of drug-likeness (QED) is 0.625. The molecule has 8 heteroatoms. The van der Waals surface area contributed by atoms with Crippen LogP contribution in [0.4, 0.5) is 4.39 Å². The van der Waals surface area contributed by atoms with Gasteiger partial charge in [0.05, 0.1) is 35.8 Å². The smallest absolute Gasteiger partial charge is 0.257 e. The summed E-state index contributed by atoms with van der Waals surface area (Å²) in [5.74, 6) is 0.00879. The van der Waals surface area contributed by atoms with E-state index in [1.165, 1.54) is 12.1 Å². The first-order valence-corrected chi connectivity index (χ1v) is 10.4. The van der Waals surface area contributed by atoms with E-state index in [9.17, 15) is 9.18 Å². The highest BCUT2D eigenvalue weighted by atomic mass is 19.1. The van der Waals surface area contributed by atoms with Crippen molar-refractivity contribution in [1.82, 2.24) is 24.6 Å². The van der Waals surface area contributed by atoms with Crippen LogP contribution in [0.2, 0.25) is 0 Å². The lowest BCUT2D eigenvalue weighted by molar-refractivity contribution is 0.0709. The SMILES string of the molecule is Cc1cnc(-n2ncc(C(=O)N(C)C3CCOC3)c2C(C)C)nc1-c1ccc(F)cc1. The fourth-order valence-corrected chi connectivity index (χ4v) is 3.86. The Balaban J connectivity index is 1.74. The zero-order valence-electron chi connectivity index (χ0n) is 18.2. The minimum absolute atomic E-state index is 0.0221. The first-order chi connectivity index (χ1) is 14.9. The number of aromatic nitrogens is 4. The van der Waals surface area contributed by atoms with Gasteiger partial charge >= 0.3 is 0 Å². The molecule has 31 heavy (non-hydrogen) atoms. The zero-order chi connectivity index (χ0) is 22.1. The van der Waals surface area contributed by atoms with Gasteiger partial charge in [-0.2, -0.15) is 5.10 Å². The molecule has 1 aromatic carbocycles. The summed E-state index contributed by atoms with van der Waals surface area (Å²) in [6, 6.07) is 6.26. The fraction of sp³-hybridized carbons (Fsp3) is 0.391. The molecule has 1 fully saturated rings. The van der Waals surface area contributed by atoms with Crippen LogP contribution in [-0.2, 0) is 4.74 Å². The number of carbonyl (C=O) groups excluding carboxylic acids is 1. The molecule has 0 radical (unpaired) electrons. The Hall–Kier alpha value is -3.13. The number of rotatable bonds is 5. The normalized spacial score (nSPS) is 16.1. The van der Waals surface area contributed by atoms with Gasteiger partial charge in [-0.25, -0.2) is 19.0 Å². The minimum atomic E-state index is -0.301. The van der Waals surface area contributed by atoms with Crippen molar-refractivity contribution in [3.05, 3.63) is 59.3 Å². The Bertz CT molecular complexity index is 1090. The number of benzene rings is 1. The van der Waals surface area contributed by atoms with Gasteiger partial charge in [0.2, 0.25) is 0 Å². The van der Waals surface area contributed by atoms with Gasteiger partial charge in [-0.1, -0.05) is 13.8 Å². The summed E-state index contributed by atoms with van der Waals surface area (Å²) >= 11 is 0. The number of ether oxygens (including phenoxy) is 1. The number of hydrogen-bond acceptors (Lipinski definition) is 5. The highest BCUT2D eigenvalue weighted by Crippen LogP contribution is 2.26. The predicted octanol–water partition coefficient (Wildman–Crippen LogP) is 3.76. The van der Waals surface area contributed by atoms with Crippen LogP contribution in [0.15, 0.2) is 36.7 Å². The molecule has 1 aliphatic rings. The maximum absolute atomic E-state index is 13.4. The lowest BCUT2D eigenvalue weighted by Gasteiger charge is -2.23. The molecule has 0 N–H and O–H groups in total. The number of halogens is 1. The van der Waals surface area contributed by atoms with Crippen LogP contribution >= 0.6 is 0 Å². The molecule has 1 saturated heterocycles. The Morgan fingerprint density at radius 3 is 2.65 bits per heavy atom. The second-order valence-electron chi connectivity index (χ2n) is 8.15. The Morgan fingerprint density at radius 2 is 2.00 bits per heavy atom. The summed E-state index contributed by atoms with van der Waals surface area (Å²) in [5, 5.41) is 4.47.